The second-order valence-corrected chi connectivity index (χ2v) is 8.36. The second kappa shape index (κ2) is 5.92. The van der Waals surface area contributed by atoms with Crippen LogP contribution in [0.15, 0.2) is 0 Å². The van der Waals surface area contributed by atoms with Gasteiger partial charge in [-0.3, -0.25) is 4.79 Å². The molecule has 0 bridgehead atoms. The molecule has 1 aliphatic heterocycles. The molecule has 132 valence electrons. The molecule has 2 fully saturated rings. The number of ether oxygens (including phenoxy) is 1. The van der Waals surface area contributed by atoms with Crippen molar-refractivity contribution in [2.45, 2.75) is 50.5 Å². The van der Waals surface area contributed by atoms with E-state index in [4.69, 9.17) is 20.4 Å². The minimum absolute atomic E-state index is 0.398. The van der Waals surface area contributed by atoms with Crippen LogP contribution in [0.3, 0.4) is 0 Å². The zero-order valence-corrected chi connectivity index (χ0v) is 15.0. The van der Waals surface area contributed by atoms with Crippen molar-refractivity contribution >= 4 is 33.3 Å². The number of morpholine rings is 1. The number of rotatable bonds is 3. The van der Waals surface area contributed by atoms with Gasteiger partial charge in [-0.05, 0) is 44.1 Å². The Kier molecular flexibility index (Phi) is 3.67. The summed E-state index contributed by atoms with van der Waals surface area (Å²) >= 11 is 1.84. The summed E-state index contributed by atoms with van der Waals surface area (Å²) in [6, 6.07) is 0. The molecule has 0 unspecified atom stereocenters. The van der Waals surface area contributed by atoms with Gasteiger partial charge in [-0.1, -0.05) is 0 Å². The number of nitrogens with zero attached hydrogens (tertiary/aromatic N) is 3. The lowest BCUT2D eigenvalue weighted by atomic mass is 9.96. The Morgan fingerprint density at radius 2 is 2.08 bits per heavy atom. The van der Waals surface area contributed by atoms with Gasteiger partial charge in [0, 0.05) is 17.3 Å². The Labute approximate surface area is 150 Å². The molecule has 0 spiro atoms. The molecule has 2 aliphatic carbocycles. The van der Waals surface area contributed by atoms with Gasteiger partial charge in [-0.15, -0.1) is 11.3 Å². The average Bonchev–Trinajstić information content (AvgIpc) is 3.41. The maximum absolute atomic E-state index is 11.6. The number of primary amides is 1. The molecular formula is C18H22N4O2S. The van der Waals surface area contributed by atoms with Gasteiger partial charge in [-0.2, -0.15) is 0 Å². The number of fused-ring (bicyclic) bond motifs is 3. The van der Waals surface area contributed by atoms with Crippen LogP contribution in [0.25, 0.3) is 10.2 Å². The van der Waals surface area contributed by atoms with Crippen LogP contribution in [0.1, 0.15) is 47.9 Å². The highest BCUT2D eigenvalue weighted by Crippen LogP contribution is 2.44. The third-order valence-electron chi connectivity index (χ3n) is 5.44. The maximum atomic E-state index is 11.6. The van der Waals surface area contributed by atoms with Crippen LogP contribution >= 0.6 is 11.3 Å². The first-order chi connectivity index (χ1) is 12.2. The maximum Gasteiger partial charge on any atom is 0.248 e. The van der Waals surface area contributed by atoms with Crippen molar-refractivity contribution in [3.63, 3.8) is 0 Å². The predicted molar refractivity (Wildman–Crippen MR) is 97.2 cm³/mol. The number of hydrogen-bond donors (Lipinski definition) is 1. The monoisotopic (exact) mass is 358 g/mol. The van der Waals surface area contributed by atoms with Crippen molar-refractivity contribution in [3.8, 4) is 0 Å². The normalized spacial score (nSPS) is 23.7. The first-order valence-corrected chi connectivity index (χ1v) is 10.0. The van der Waals surface area contributed by atoms with Crippen molar-refractivity contribution in [2.75, 3.05) is 24.6 Å². The third kappa shape index (κ3) is 2.69. The number of carbonyl (C=O) groups is 1. The highest BCUT2D eigenvalue weighted by molar-refractivity contribution is 7.19. The van der Waals surface area contributed by atoms with E-state index >= 15 is 0 Å². The SMILES string of the molecule is NC(=O)[C@@H]1CN(c2nc(C3CC3)nc3sc4c(c23)CCCC4)CCO1. The Balaban J connectivity index is 1.64. The number of nitrogens with two attached hydrogens (primary N) is 1. The number of aryl methyl sites for hydroxylation is 2. The number of hydrogen-bond acceptors (Lipinski definition) is 6. The lowest BCUT2D eigenvalue weighted by Crippen LogP contribution is -2.48. The highest BCUT2D eigenvalue weighted by atomic mass is 32.1. The molecule has 3 heterocycles. The molecule has 1 amide bonds. The fourth-order valence-electron chi connectivity index (χ4n) is 3.92. The fourth-order valence-corrected chi connectivity index (χ4v) is 5.18. The molecule has 1 saturated heterocycles. The van der Waals surface area contributed by atoms with E-state index in [1.807, 2.05) is 11.3 Å². The summed E-state index contributed by atoms with van der Waals surface area (Å²) in [5, 5.41) is 1.22. The molecule has 2 N–H and O–H groups in total. The van der Waals surface area contributed by atoms with Crippen LogP contribution in [0, 0.1) is 0 Å². The Bertz CT molecular complexity index is 845. The number of anilines is 1. The zero-order chi connectivity index (χ0) is 17.0. The molecular weight excluding hydrogens is 336 g/mol. The van der Waals surface area contributed by atoms with Crippen molar-refractivity contribution < 1.29 is 9.53 Å². The third-order valence-corrected chi connectivity index (χ3v) is 6.62. The van der Waals surface area contributed by atoms with Crippen LogP contribution in [0.5, 0.6) is 0 Å². The molecule has 0 radical (unpaired) electrons. The van der Waals surface area contributed by atoms with E-state index in [0.29, 0.717) is 19.1 Å². The van der Waals surface area contributed by atoms with Crippen LogP contribution in [0.4, 0.5) is 5.82 Å². The number of carbonyl (C=O) groups excluding carboxylic acids is 1. The van der Waals surface area contributed by atoms with Gasteiger partial charge < -0.3 is 15.4 Å². The van der Waals surface area contributed by atoms with E-state index in [1.54, 1.807) is 0 Å². The zero-order valence-electron chi connectivity index (χ0n) is 14.2. The minimum Gasteiger partial charge on any atom is -0.367 e. The molecule has 0 aromatic carbocycles. The van der Waals surface area contributed by atoms with E-state index < -0.39 is 12.0 Å². The van der Waals surface area contributed by atoms with Crippen molar-refractivity contribution in [3.05, 3.63) is 16.3 Å². The number of aromatic nitrogens is 2. The van der Waals surface area contributed by atoms with Gasteiger partial charge >= 0.3 is 0 Å². The topological polar surface area (TPSA) is 81.3 Å². The number of thiophene rings is 1. The lowest BCUT2D eigenvalue weighted by Gasteiger charge is -2.33. The van der Waals surface area contributed by atoms with Gasteiger partial charge in [0.1, 0.15) is 16.5 Å². The van der Waals surface area contributed by atoms with E-state index in [1.165, 1.54) is 41.5 Å². The average molecular weight is 358 g/mol. The largest absolute Gasteiger partial charge is 0.367 e. The van der Waals surface area contributed by atoms with E-state index in [2.05, 4.69) is 4.90 Å². The standard InChI is InChI=1S/C18H22N4O2S/c19-15(23)12-9-22(7-8-24-12)17-14-11-3-1-2-4-13(11)25-18(14)21-16(20-17)10-5-6-10/h10,12H,1-9H2,(H2,19,23)/t12-/m0/s1. The van der Waals surface area contributed by atoms with Gasteiger partial charge in [0.25, 0.3) is 0 Å². The molecule has 5 rings (SSSR count). The van der Waals surface area contributed by atoms with Gasteiger partial charge in [-0.25, -0.2) is 9.97 Å². The molecule has 2 aromatic heterocycles. The van der Waals surface area contributed by atoms with Crippen LogP contribution in [-0.4, -0.2) is 41.7 Å². The summed E-state index contributed by atoms with van der Waals surface area (Å²) in [6.45, 7) is 1.73. The van der Waals surface area contributed by atoms with Crippen LogP contribution in [-0.2, 0) is 22.4 Å². The Morgan fingerprint density at radius 3 is 2.88 bits per heavy atom. The summed E-state index contributed by atoms with van der Waals surface area (Å²) in [4.78, 5) is 26.3. The van der Waals surface area contributed by atoms with Gasteiger partial charge in [0.05, 0.1) is 18.5 Å². The molecule has 1 saturated carbocycles. The smallest absolute Gasteiger partial charge is 0.248 e. The molecule has 6 nitrogen and oxygen atoms in total. The Hall–Kier alpha value is -1.73. The summed E-state index contributed by atoms with van der Waals surface area (Å²) in [7, 11) is 0. The van der Waals surface area contributed by atoms with E-state index in [-0.39, 0.29) is 0 Å². The first kappa shape index (κ1) is 15.5. The van der Waals surface area contributed by atoms with Gasteiger partial charge in [0.2, 0.25) is 5.91 Å². The molecule has 2 aromatic rings. The number of amides is 1. The molecule has 1 atom stereocenters. The Morgan fingerprint density at radius 1 is 1.24 bits per heavy atom. The lowest BCUT2D eigenvalue weighted by molar-refractivity contribution is -0.130. The molecule has 3 aliphatic rings. The summed E-state index contributed by atoms with van der Waals surface area (Å²) in [5.74, 6) is 2.09. The first-order valence-electron chi connectivity index (χ1n) is 9.19. The predicted octanol–water partition coefficient (Wildman–Crippen LogP) is 2.14. The molecule has 7 heteroatoms. The van der Waals surface area contributed by atoms with Crippen molar-refractivity contribution in [2.24, 2.45) is 5.73 Å². The summed E-state index contributed by atoms with van der Waals surface area (Å²) in [5.41, 5.74) is 6.91. The highest BCUT2D eigenvalue weighted by Gasteiger charge is 2.33. The van der Waals surface area contributed by atoms with Crippen LogP contribution < -0.4 is 10.6 Å². The fraction of sp³-hybridized carbons (Fsp3) is 0.611. The summed E-state index contributed by atoms with van der Waals surface area (Å²) in [6.07, 6.45) is 6.57. The quantitative estimate of drug-likeness (QED) is 0.909. The summed E-state index contributed by atoms with van der Waals surface area (Å²) < 4.78 is 5.53. The van der Waals surface area contributed by atoms with Crippen molar-refractivity contribution in [1.29, 1.82) is 0 Å². The van der Waals surface area contributed by atoms with Crippen LogP contribution in [0.2, 0.25) is 0 Å². The van der Waals surface area contributed by atoms with E-state index in [9.17, 15) is 4.79 Å². The minimum atomic E-state index is -0.558. The van der Waals surface area contributed by atoms with Crippen molar-refractivity contribution in [1.82, 2.24) is 9.97 Å². The van der Waals surface area contributed by atoms with Gasteiger partial charge in [0.15, 0.2) is 6.10 Å². The second-order valence-electron chi connectivity index (χ2n) is 7.28. The van der Waals surface area contributed by atoms with E-state index in [0.717, 1.165) is 35.9 Å². The molecule has 25 heavy (non-hydrogen) atoms.